The molecule has 19 heavy (non-hydrogen) atoms. The second kappa shape index (κ2) is 6.03. The van der Waals surface area contributed by atoms with Gasteiger partial charge >= 0.3 is 12.0 Å². The summed E-state index contributed by atoms with van der Waals surface area (Å²) in [6, 6.07) is -0.211. The van der Waals surface area contributed by atoms with E-state index >= 15 is 0 Å². The van der Waals surface area contributed by atoms with Crippen molar-refractivity contribution in [2.24, 2.45) is 5.92 Å². The van der Waals surface area contributed by atoms with Gasteiger partial charge in [0.1, 0.15) is 5.54 Å². The van der Waals surface area contributed by atoms with E-state index in [4.69, 9.17) is 0 Å². The number of rotatable bonds is 2. The molecule has 0 spiro atoms. The zero-order chi connectivity index (χ0) is 13.9. The SMILES string of the molecule is CC1CCCC(NC(=O)N2CCSCC2)(C(=O)O)C1. The molecule has 2 rings (SSSR count). The van der Waals surface area contributed by atoms with Crippen LogP contribution in [-0.2, 0) is 4.79 Å². The van der Waals surface area contributed by atoms with Gasteiger partial charge in [0.2, 0.25) is 0 Å². The van der Waals surface area contributed by atoms with E-state index in [1.54, 1.807) is 4.90 Å². The highest BCUT2D eigenvalue weighted by Crippen LogP contribution is 2.32. The molecule has 2 unspecified atom stereocenters. The standard InChI is InChI=1S/C13H22N2O3S/c1-10-3-2-4-13(9-10,11(16)17)14-12(18)15-5-7-19-8-6-15/h10H,2-9H2,1H3,(H,14,18)(H,16,17). The van der Waals surface area contributed by atoms with Crippen LogP contribution in [0.25, 0.3) is 0 Å². The van der Waals surface area contributed by atoms with Gasteiger partial charge in [0.05, 0.1) is 0 Å². The van der Waals surface area contributed by atoms with Gasteiger partial charge in [0.25, 0.3) is 0 Å². The minimum Gasteiger partial charge on any atom is -0.480 e. The number of nitrogens with zero attached hydrogens (tertiary/aromatic N) is 1. The zero-order valence-corrected chi connectivity index (χ0v) is 12.2. The molecule has 2 atom stereocenters. The van der Waals surface area contributed by atoms with Crippen LogP contribution in [0, 0.1) is 5.92 Å². The van der Waals surface area contributed by atoms with E-state index in [0.717, 1.165) is 24.3 Å². The summed E-state index contributed by atoms with van der Waals surface area (Å²) in [4.78, 5) is 25.6. The fraction of sp³-hybridized carbons (Fsp3) is 0.846. The van der Waals surface area contributed by atoms with Gasteiger partial charge in [-0.05, 0) is 18.8 Å². The highest BCUT2D eigenvalue weighted by Gasteiger charge is 2.43. The van der Waals surface area contributed by atoms with Crippen molar-refractivity contribution in [3.05, 3.63) is 0 Å². The molecule has 6 heteroatoms. The lowest BCUT2D eigenvalue weighted by atomic mass is 9.76. The van der Waals surface area contributed by atoms with Gasteiger partial charge in [-0.25, -0.2) is 9.59 Å². The van der Waals surface area contributed by atoms with E-state index < -0.39 is 11.5 Å². The first kappa shape index (κ1) is 14.5. The highest BCUT2D eigenvalue weighted by atomic mass is 32.2. The first-order valence-electron chi connectivity index (χ1n) is 6.92. The van der Waals surface area contributed by atoms with Crippen molar-refractivity contribution < 1.29 is 14.7 Å². The third kappa shape index (κ3) is 3.35. The quantitative estimate of drug-likeness (QED) is 0.812. The molecule has 2 aliphatic rings. The van der Waals surface area contributed by atoms with Gasteiger partial charge < -0.3 is 15.3 Å². The van der Waals surface area contributed by atoms with Crippen LogP contribution in [0.5, 0.6) is 0 Å². The fourth-order valence-corrected chi connectivity index (χ4v) is 3.87. The fourth-order valence-electron chi connectivity index (χ4n) is 2.96. The van der Waals surface area contributed by atoms with Crippen LogP contribution < -0.4 is 5.32 Å². The lowest BCUT2D eigenvalue weighted by Crippen LogP contribution is -2.60. The number of thioether (sulfide) groups is 1. The summed E-state index contributed by atoms with van der Waals surface area (Å²) in [6.07, 6.45) is 2.99. The lowest BCUT2D eigenvalue weighted by Gasteiger charge is -2.39. The Morgan fingerprint density at radius 3 is 2.63 bits per heavy atom. The van der Waals surface area contributed by atoms with Gasteiger partial charge in [-0.3, -0.25) is 0 Å². The third-order valence-electron chi connectivity index (χ3n) is 4.05. The Morgan fingerprint density at radius 1 is 1.37 bits per heavy atom. The Kier molecular flexibility index (Phi) is 4.60. The summed E-state index contributed by atoms with van der Waals surface area (Å²) in [5.41, 5.74) is -1.06. The Bertz CT molecular complexity index is 358. The minimum atomic E-state index is -1.06. The molecule has 1 heterocycles. The molecule has 2 amide bonds. The van der Waals surface area contributed by atoms with Crippen molar-refractivity contribution in [1.82, 2.24) is 10.2 Å². The first-order valence-corrected chi connectivity index (χ1v) is 8.07. The molecule has 1 saturated carbocycles. The number of nitrogens with one attached hydrogen (secondary N) is 1. The molecule has 1 aliphatic heterocycles. The van der Waals surface area contributed by atoms with E-state index in [2.05, 4.69) is 12.2 Å². The van der Waals surface area contributed by atoms with Gasteiger partial charge in [-0.15, -0.1) is 0 Å². The van der Waals surface area contributed by atoms with Crippen molar-refractivity contribution in [2.45, 2.75) is 38.1 Å². The van der Waals surface area contributed by atoms with E-state index in [1.165, 1.54) is 0 Å². The number of hydrogen-bond acceptors (Lipinski definition) is 3. The Morgan fingerprint density at radius 2 is 2.05 bits per heavy atom. The normalized spacial score (nSPS) is 31.8. The number of carboxylic acids is 1. The minimum absolute atomic E-state index is 0.211. The molecule has 0 bridgehead atoms. The predicted octanol–water partition coefficient (Wildman–Crippen LogP) is 1.78. The van der Waals surface area contributed by atoms with Crippen molar-refractivity contribution >= 4 is 23.8 Å². The van der Waals surface area contributed by atoms with Crippen LogP contribution in [0.15, 0.2) is 0 Å². The summed E-state index contributed by atoms with van der Waals surface area (Å²) in [5, 5.41) is 12.3. The summed E-state index contributed by atoms with van der Waals surface area (Å²) < 4.78 is 0. The summed E-state index contributed by atoms with van der Waals surface area (Å²) in [5.74, 6) is 1.33. The number of aliphatic carboxylic acids is 1. The van der Waals surface area contributed by atoms with E-state index in [-0.39, 0.29) is 6.03 Å². The smallest absolute Gasteiger partial charge is 0.329 e. The van der Waals surface area contributed by atoms with E-state index in [1.807, 2.05) is 11.8 Å². The largest absolute Gasteiger partial charge is 0.480 e. The molecule has 1 saturated heterocycles. The van der Waals surface area contributed by atoms with E-state index in [9.17, 15) is 14.7 Å². The predicted molar refractivity (Wildman–Crippen MR) is 75.4 cm³/mol. The van der Waals surface area contributed by atoms with Crippen LogP contribution in [0.2, 0.25) is 0 Å². The third-order valence-corrected chi connectivity index (χ3v) is 4.99. The Labute approximate surface area is 118 Å². The monoisotopic (exact) mass is 286 g/mol. The van der Waals surface area contributed by atoms with Crippen LogP contribution in [0.1, 0.15) is 32.6 Å². The number of carbonyl (C=O) groups is 2. The second-order valence-corrected chi connectivity index (χ2v) is 6.84. The Balaban J connectivity index is 2.03. The number of urea groups is 1. The van der Waals surface area contributed by atoms with Crippen LogP contribution in [-0.4, -0.2) is 52.1 Å². The first-order chi connectivity index (χ1) is 9.03. The number of carbonyl (C=O) groups excluding carboxylic acids is 1. The maximum atomic E-state index is 12.2. The molecule has 0 aromatic rings. The molecule has 0 aromatic heterocycles. The van der Waals surface area contributed by atoms with Gasteiger partial charge in [-0.1, -0.05) is 19.8 Å². The van der Waals surface area contributed by atoms with Crippen molar-refractivity contribution in [3.63, 3.8) is 0 Å². The Hall–Kier alpha value is -0.910. The topological polar surface area (TPSA) is 69.6 Å². The summed E-state index contributed by atoms with van der Waals surface area (Å²) in [6.45, 7) is 3.48. The maximum Gasteiger partial charge on any atom is 0.329 e. The molecule has 5 nitrogen and oxygen atoms in total. The molecular formula is C13H22N2O3S. The van der Waals surface area contributed by atoms with Crippen LogP contribution >= 0.6 is 11.8 Å². The van der Waals surface area contributed by atoms with Gasteiger partial charge in [0.15, 0.2) is 0 Å². The zero-order valence-electron chi connectivity index (χ0n) is 11.4. The van der Waals surface area contributed by atoms with E-state index in [0.29, 0.717) is 31.8 Å². The van der Waals surface area contributed by atoms with Crippen molar-refractivity contribution in [1.29, 1.82) is 0 Å². The van der Waals surface area contributed by atoms with Crippen molar-refractivity contribution in [3.8, 4) is 0 Å². The second-order valence-electron chi connectivity index (χ2n) is 5.62. The molecule has 2 N–H and O–H groups in total. The number of hydrogen-bond donors (Lipinski definition) is 2. The van der Waals surface area contributed by atoms with Crippen LogP contribution in [0.4, 0.5) is 4.79 Å². The maximum absolute atomic E-state index is 12.2. The molecule has 1 aliphatic carbocycles. The number of amides is 2. The average Bonchev–Trinajstić information content (AvgIpc) is 2.39. The van der Waals surface area contributed by atoms with Crippen molar-refractivity contribution in [2.75, 3.05) is 24.6 Å². The van der Waals surface area contributed by atoms with Crippen LogP contribution in [0.3, 0.4) is 0 Å². The average molecular weight is 286 g/mol. The molecule has 2 fully saturated rings. The number of carboxylic acid groups (broad SMARTS) is 1. The molecular weight excluding hydrogens is 264 g/mol. The lowest BCUT2D eigenvalue weighted by molar-refractivity contribution is -0.146. The molecule has 0 aromatic carbocycles. The summed E-state index contributed by atoms with van der Waals surface area (Å²) in [7, 11) is 0. The molecule has 0 radical (unpaired) electrons. The van der Waals surface area contributed by atoms with Gasteiger partial charge in [0, 0.05) is 24.6 Å². The molecule has 108 valence electrons. The van der Waals surface area contributed by atoms with Gasteiger partial charge in [-0.2, -0.15) is 11.8 Å². The highest BCUT2D eigenvalue weighted by molar-refractivity contribution is 7.99. The summed E-state index contributed by atoms with van der Waals surface area (Å²) >= 11 is 1.83.